The van der Waals surface area contributed by atoms with E-state index in [1.165, 1.54) is 6.07 Å². The molecule has 0 radical (unpaired) electrons. The molecule has 2 N–H and O–H groups in total. The SMILES string of the molecule is CC(C)(C)N1CC(C(=O)NCCNC(=O)c2cc(Cl)ccc2Cl)CC1=O. The smallest absolute Gasteiger partial charge is 0.252 e. The lowest BCUT2D eigenvalue weighted by atomic mass is 10.1. The predicted molar refractivity (Wildman–Crippen MR) is 101 cm³/mol. The first-order valence-corrected chi connectivity index (χ1v) is 9.16. The number of hydrogen-bond donors (Lipinski definition) is 2. The van der Waals surface area contributed by atoms with Crippen LogP contribution in [-0.4, -0.2) is 47.8 Å². The molecule has 6 nitrogen and oxygen atoms in total. The van der Waals surface area contributed by atoms with Crippen LogP contribution in [0.3, 0.4) is 0 Å². The van der Waals surface area contributed by atoms with Crippen LogP contribution in [-0.2, 0) is 9.59 Å². The van der Waals surface area contributed by atoms with Crippen LogP contribution >= 0.6 is 23.2 Å². The molecule has 26 heavy (non-hydrogen) atoms. The standard InChI is InChI=1S/C18H23Cl2N3O3/c1-18(2,3)23-10-11(8-15(23)24)16(25)21-6-7-22-17(26)13-9-12(19)4-5-14(13)20/h4-5,9,11H,6-8,10H2,1-3H3,(H,21,25)(H,22,26). The van der Waals surface area contributed by atoms with Crippen LogP contribution < -0.4 is 10.6 Å². The van der Waals surface area contributed by atoms with E-state index in [-0.39, 0.29) is 54.3 Å². The summed E-state index contributed by atoms with van der Waals surface area (Å²) in [6.07, 6.45) is 0.216. The Morgan fingerprint density at radius 3 is 2.46 bits per heavy atom. The summed E-state index contributed by atoms with van der Waals surface area (Å²) in [7, 11) is 0. The van der Waals surface area contributed by atoms with Gasteiger partial charge in [0, 0.05) is 36.6 Å². The van der Waals surface area contributed by atoms with E-state index in [0.29, 0.717) is 16.6 Å². The fourth-order valence-electron chi connectivity index (χ4n) is 2.80. The van der Waals surface area contributed by atoms with Crippen molar-refractivity contribution in [1.29, 1.82) is 0 Å². The van der Waals surface area contributed by atoms with E-state index in [2.05, 4.69) is 10.6 Å². The molecule has 1 heterocycles. The molecule has 1 aliphatic heterocycles. The topological polar surface area (TPSA) is 78.5 Å². The van der Waals surface area contributed by atoms with E-state index < -0.39 is 0 Å². The monoisotopic (exact) mass is 399 g/mol. The van der Waals surface area contributed by atoms with Gasteiger partial charge in [0.05, 0.1) is 16.5 Å². The van der Waals surface area contributed by atoms with Gasteiger partial charge in [0.25, 0.3) is 5.91 Å². The molecule has 0 aliphatic carbocycles. The minimum atomic E-state index is -0.361. The molecule has 1 unspecified atom stereocenters. The van der Waals surface area contributed by atoms with Gasteiger partial charge in [-0.15, -0.1) is 0 Å². The number of halogens is 2. The molecule has 0 saturated carbocycles. The maximum atomic E-state index is 12.2. The van der Waals surface area contributed by atoms with Gasteiger partial charge in [0.15, 0.2) is 0 Å². The van der Waals surface area contributed by atoms with E-state index in [1.807, 2.05) is 20.8 Å². The number of carbonyl (C=O) groups is 3. The van der Waals surface area contributed by atoms with Crippen molar-refractivity contribution in [1.82, 2.24) is 15.5 Å². The number of rotatable bonds is 5. The van der Waals surface area contributed by atoms with Gasteiger partial charge in [-0.25, -0.2) is 0 Å². The number of benzene rings is 1. The molecule has 0 spiro atoms. The molecule has 1 aliphatic rings. The third-order valence-electron chi connectivity index (χ3n) is 4.19. The largest absolute Gasteiger partial charge is 0.354 e. The van der Waals surface area contributed by atoms with Crippen molar-refractivity contribution in [2.24, 2.45) is 5.92 Å². The van der Waals surface area contributed by atoms with Crippen molar-refractivity contribution < 1.29 is 14.4 Å². The van der Waals surface area contributed by atoms with E-state index in [9.17, 15) is 14.4 Å². The van der Waals surface area contributed by atoms with Crippen LogP contribution in [0.5, 0.6) is 0 Å². The lowest BCUT2D eigenvalue weighted by molar-refractivity contribution is -0.132. The molecular weight excluding hydrogens is 377 g/mol. The second-order valence-electron chi connectivity index (χ2n) is 7.25. The molecule has 1 aromatic carbocycles. The minimum absolute atomic E-state index is 0.0125. The van der Waals surface area contributed by atoms with Crippen molar-refractivity contribution in [3.05, 3.63) is 33.8 Å². The fourth-order valence-corrected chi connectivity index (χ4v) is 3.18. The molecule has 0 bridgehead atoms. The highest BCUT2D eigenvalue weighted by atomic mass is 35.5. The fraction of sp³-hybridized carbons (Fsp3) is 0.500. The van der Waals surface area contributed by atoms with Gasteiger partial charge >= 0.3 is 0 Å². The zero-order valence-corrected chi connectivity index (χ0v) is 16.6. The maximum Gasteiger partial charge on any atom is 0.252 e. The van der Waals surface area contributed by atoms with Gasteiger partial charge in [-0.05, 0) is 39.0 Å². The summed E-state index contributed by atoms with van der Waals surface area (Å²) in [6, 6.07) is 4.65. The summed E-state index contributed by atoms with van der Waals surface area (Å²) < 4.78 is 0. The number of carbonyl (C=O) groups excluding carboxylic acids is 3. The molecule has 3 amide bonds. The first-order chi connectivity index (χ1) is 12.1. The average Bonchev–Trinajstić information content (AvgIpc) is 2.95. The Balaban J connectivity index is 1.78. The number of hydrogen-bond acceptors (Lipinski definition) is 3. The van der Waals surface area contributed by atoms with Crippen molar-refractivity contribution in [2.45, 2.75) is 32.7 Å². The summed E-state index contributed by atoms with van der Waals surface area (Å²) in [4.78, 5) is 38.1. The lowest BCUT2D eigenvalue weighted by Crippen LogP contribution is -2.43. The Labute approximate surface area is 163 Å². The highest BCUT2D eigenvalue weighted by molar-refractivity contribution is 6.35. The van der Waals surface area contributed by atoms with Crippen molar-refractivity contribution >= 4 is 40.9 Å². The number of nitrogens with zero attached hydrogens (tertiary/aromatic N) is 1. The van der Waals surface area contributed by atoms with E-state index >= 15 is 0 Å². The van der Waals surface area contributed by atoms with Gasteiger partial charge in [-0.1, -0.05) is 23.2 Å². The van der Waals surface area contributed by atoms with E-state index in [0.717, 1.165) is 0 Å². The average molecular weight is 400 g/mol. The van der Waals surface area contributed by atoms with Crippen LogP contribution in [0.1, 0.15) is 37.6 Å². The Morgan fingerprint density at radius 1 is 1.19 bits per heavy atom. The summed E-state index contributed by atoms with van der Waals surface area (Å²) in [5.41, 5.74) is -0.0104. The highest BCUT2D eigenvalue weighted by Gasteiger charge is 2.39. The summed E-state index contributed by atoms with van der Waals surface area (Å²) in [6.45, 7) is 6.77. The van der Waals surface area contributed by atoms with Crippen molar-refractivity contribution in [3.8, 4) is 0 Å². The van der Waals surface area contributed by atoms with Crippen molar-refractivity contribution in [3.63, 3.8) is 0 Å². The third kappa shape index (κ3) is 5.11. The van der Waals surface area contributed by atoms with E-state index in [4.69, 9.17) is 23.2 Å². The molecule has 2 rings (SSSR count). The molecule has 0 aromatic heterocycles. The number of nitrogens with one attached hydrogen (secondary N) is 2. The molecule has 1 aromatic rings. The summed E-state index contributed by atoms with van der Waals surface area (Å²) >= 11 is 11.8. The van der Waals surface area contributed by atoms with Crippen molar-refractivity contribution in [2.75, 3.05) is 19.6 Å². The Kier molecular flexibility index (Phi) is 6.53. The maximum absolute atomic E-state index is 12.2. The molecule has 1 fully saturated rings. The van der Waals surface area contributed by atoms with Crippen LogP contribution in [0.15, 0.2) is 18.2 Å². The molecular formula is C18H23Cl2N3O3. The van der Waals surface area contributed by atoms with Crippen LogP contribution in [0, 0.1) is 5.92 Å². The van der Waals surface area contributed by atoms with Crippen LogP contribution in [0.25, 0.3) is 0 Å². The van der Waals surface area contributed by atoms with Gasteiger partial charge in [0.1, 0.15) is 0 Å². The zero-order valence-electron chi connectivity index (χ0n) is 15.1. The van der Waals surface area contributed by atoms with Gasteiger partial charge in [0.2, 0.25) is 11.8 Å². The molecule has 8 heteroatoms. The second kappa shape index (κ2) is 8.27. The Bertz CT molecular complexity index is 716. The molecule has 142 valence electrons. The Hall–Kier alpha value is -1.79. The first-order valence-electron chi connectivity index (χ1n) is 8.41. The van der Waals surface area contributed by atoms with E-state index in [1.54, 1.807) is 17.0 Å². The predicted octanol–water partition coefficient (Wildman–Crippen LogP) is 2.49. The summed E-state index contributed by atoms with van der Waals surface area (Å²) in [5.74, 6) is -0.914. The highest BCUT2D eigenvalue weighted by Crippen LogP contribution is 2.25. The second-order valence-corrected chi connectivity index (χ2v) is 8.09. The van der Waals surface area contributed by atoms with Crippen LogP contribution in [0.4, 0.5) is 0 Å². The molecule has 1 saturated heterocycles. The van der Waals surface area contributed by atoms with Crippen LogP contribution in [0.2, 0.25) is 10.0 Å². The third-order valence-corrected chi connectivity index (χ3v) is 4.75. The number of amides is 3. The lowest BCUT2D eigenvalue weighted by Gasteiger charge is -2.31. The van der Waals surface area contributed by atoms with Gasteiger partial charge in [-0.3, -0.25) is 14.4 Å². The molecule has 1 atom stereocenters. The number of likely N-dealkylation sites (tertiary alicyclic amines) is 1. The minimum Gasteiger partial charge on any atom is -0.354 e. The van der Waals surface area contributed by atoms with Gasteiger partial charge in [-0.2, -0.15) is 0 Å². The van der Waals surface area contributed by atoms with Gasteiger partial charge < -0.3 is 15.5 Å². The Morgan fingerprint density at radius 2 is 1.85 bits per heavy atom. The zero-order chi connectivity index (χ0) is 19.5. The quantitative estimate of drug-likeness (QED) is 0.746. The first kappa shape index (κ1) is 20.5. The summed E-state index contributed by atoms with van der Waals surface area (Å²) in [5, 5.41) is 6.17. The normalized spacial score (nSPS) is 17.3.